The standard InChI is InChI=1S/C24H24FN3O3S/c1-17-28-21(16-32-17)15-31-22-5-3-2-4-19(22)8-11-23(29)26-12-13-27-24(30)14-18-6-9-20(25)10-7-18/h2-11,16H,12-15H2,1H3,(H,26,29)(H,27,30)/b11-8+. The van der Waals surface area contributed by atoms with Crippen LogP contribution >= 0.6 is 11.3 Å². The number of halogens is 1. The van der Waals surface area contributed by atoms with Gasteiger partial charge in [0.1, 0.15) is 18.2 Å². The van der Waals surface area contributed by atoms with Crippen molar-refractivity contribution in [1.29, 1.82) is 0 Å². The summed E-state index contributed by atoms with van der Waals surface area (Å²) in [5.74, 6) is -0.144. The van der Waals surface area contributed by atoms with Crippen molar-refractivity contribution in [3.63, 3.8) is 0 Å². The number of carbonyl (C=O) groups is 2. The largest absolute Gasteiger partial charge is 0.487 e. The average Bonchev–Trinajstić information content (AvgIpc) is 3.21. The third kappa shape index (κ3) is 7.63. The van der Waals surface area contributed by atoms with Gasteiger partial charge in [0.15, 0.2) is 0 Å². The van der Waals surface area contributed by atoms with Gasteiger partial charge >= 0.3 is 0 Å². The first kappa shape index (κ1) is 23.1. The lowest BCUT2D eigenvalue weighted by molar-refractivity contribution is -0.121. The zero-order valence-electron chi connectivity index (χ0n) is 17.6. The van der Waals surface area contributed by atoms with Gasteiger partial charge in [-0.3, -0.25) is 9.59 Å². The molecule has 0 bridgehead atoms. The Hall–Kier alpha value is -3.52. The van der Waals surface area contributed by atoms with Crippen LogP contribution in [-0.2, 0) is 22.6 Å². The van der Waals surface area contributed by atoms with Gasteiger partial charge in [-0.25, -0.2) is 9.37 Å². The maximum absolute atomic E-state index is 12.9. The van der Waals surface area contributed by atoms with E-state index < -0.39 is 0 Å². The van der Waals surface area contributed by atoms with Gasteiger partial charge in [0.05, 0.1) is 17.1 Å². The maximum Gasteiger partial charge on any atom is 0.244 e. The summed E-state index contributed by atoms with van der Waals surface area (Å²) in [5.41, 5.74) is 2.37. The highest BCUT2D eigenvalue weighted by atomic mass is 32.1. The molecule has 2 N–H and O–H groups in total. The van der Waals surface area contributed by atoms with E-state index in [0.29, 0.717) is 25.4 Å². The maximum atomic E-state index is 12.9. The van der Waals surface area contributed by atoms with Gasteiger partial charge in [0, 0.05) is 30.1 Å². The zero-order valence-corrected chi connectivity index (χ0v) is 18.5. The Bertz CT molecular complexity index is 1080. The van der Waals surface area contributed by atoms with Gasteiger partial charge < -0.3 is 15.4 Å². The first-order valence-electron chi connectivity index (χ1n) is 10.1. The van der Waals surface area contributed by atoms with E-state index in [2.05, 4.69) is 15.6 Å². The lowest BCUT2D eigenvalue weighted by Gasteiger charge is -2.08. The fourth-order valence-corrected chi connectivity index (χ4v) is 3.44. The van der Waals surface area contributed by atoms with E-state index in [0.717, 1.165) is 21.8 Å². The summed E-state index contributed by atoms with van der Waals surface area (Å²) in [4.78, 5) is 28.4. The first-order valence-corrected chi connectivity index (χ1v) is 11.0. The number of benzene rings is 2. The molecular weight excluding hydrogens is 429 g/mol. The lowest BCUT2D eigenvalue weighted by atomic mass is 10.1. The van der Waals surface area contributed by atoms with Gasteiger partial charge in [-0.1, -0.05) is 30.3 Å². The van der Waals surface area contributed by atoms with Crippen molar-refractivity contribution in [2.45, 2.75) is 20.0 Å². The highest BCUT2D eigenvalue weighted by Gasteiger charge is 2.05. The van der Waals surface area contributed by atoms with Crippen molar-refractivity contribution < 1.29 is 18.7 Å². The molecule has 0 saturated carbocycles. The molecule has 1 heterocycles. The zero-order chi connectivity index (χ0) is 22.8. The predicted octanol–water partition coefficient (Wildman–Crippen LogP) is 3.66. The fraction of sp³-hybridized carbons (Fsp3) is 0.208. The van der Waals surface area contributed by atoms with Crippen LogP contribution in [0.15, 0.2) is 60.0 Å². The monoisotopic (exact) mass is 453 g/mol. The van der Waals surface area contributed by atoms with Crippen LogP contribution < -0.4 is 15.4 Å². The van der Waals surface area contributed by atoms with Crippen molar-refractivity contribution in [1.82, 2.24) is 15.6 Å². The van der Waals surface area contributed by atoms with Crippen molar-refractivity contribution in [2.75, 3.05) is 13.1 Å². The molecule has 0 unspecified atom stereocenters. The molecule has 0 aliphatic heterocycles. The van der Waals surface area contributed by atoms with Crippen LogP contribution in [0.2, 0.25) is 0 Å². The quantitative estimate of drug-likeness (QED) is 0.363. The number of amides is 2. The molecule has 3 rings (SSSR count). The first-order chi connectivity index (χ1) is 15.5. The van der Waals surface area contributed by atoms with Crippen LogP contribution in [-0.4, -0.2) is 29.9 Å². The summed E-state index contributed by atoms with van der Waals surface area (Å²) in [6.45, 7) is 2.89. The van der Waals surface area contributed by atoms with E-state index in [9.17, 15) is 14.0 Å². The second-order valence-electron chi connectivity index (χ2n) is 6.96. The number of aromatic nitrogens is 1. The smallest absolute Gasteiger partial charge is 0.244 e. The van der Waals surface area contributed by atoms with Crippen molar-refractivity contribution in [3.05, 3.63) is 87.6 Å². The second kappa shape index (κ2) is 11.8. The fourth-order valence-electron chi connectivity index (χ4n) is 2.84. The number of hydrogen-bond donors (Lipinski definition) is 2. The second-order valence-corrected chi connectivity index (χ2v) is 8.02. The molecule has 2 aromatic carbocycles. The van der Waals surface area contributed by atoms with E-state index in [1.165, 1.54) is 18.2 Å². The minimum Gasteiger partial charge on any atom is -0.487 e. The number of nitrogens with zero attached hydrogens (tertiary/aromatic N) is 1. The summed E-state index contributed by atoms with van der Waals surface area (Å²) in [6.07, 6.45) is 3.27. The number of hydrogen-bond acceptors (Lipinski definition) is 5. The molecule has 8 heteroatoms. The molecule has 32 heavy (non-hydrogen) atoms. The topological polar surface area (TPSA) is 80.3 Å². The third-order valence-corrected chi connectivity index (χ3v) is 5.22. The van der Waals surface area contributed by atoms with E-state index in [-0.39, 0.29) is 24.1 Å². The molecule has 166 valence electrons. The molecule has 1 aromatic heterocycles. The molecule has 3 aromatic rings. The predicted molar refractivity (Wildman–Crippen MR) is 123 cm³/mol. The highest BCUT2D eigenvalue weighted by molar-refractivity contribution is 7.09. The Morgan fingerprint density at radius 1 is 1.09 bits per heavy atom. The van der Waals surface area contributed by atoms with Gasteiger partial charge in [0.2, 0.25) is 11.8 Å². The molecule has 0 radical (unpaired) electrons. The third-order valence-electron chi connectivity index (χ3n) is 4.40. The number of thiazole rings is 1. The van der Waals surface area contributed by atoms with Crippen LogP contribution in [0.1, 0.15) is 21.8 Å². The Morgan fingerprint density at radius 3 is 2.59 bits per heavy atom. The molecule has 0 saturated heterocycles. The lowest BCUT2D eigenvalue weighted by Crippen LogP contribution is -2.34. The van der Waals surface area contributed by atoms with E-state index >= 15 is 0 Å². The molecule has 2 amide bonds. The Labute approximate surface area is 190 Å². The minimum absolute atomic E-state index is 0.158. The highest BCUT2D eigenvalue weighted by Crippen LogP contribution is 2.21. The summed E-state index contributed by atoms with van der Waals surface area (Å²) < 4.78 is 18.7. The van der Waals surface area contributed by atoms with E-state index in [1.807, 2.05) is 36.6 Å². The molecular formula is C24H24FN3O3S. The molecule has 0 aliphatic rings. The Morgan fingerprint density at radius 2 is 1.84 bits per heavy atom. The molecule has 0 aliphatic carbocycles. The average molecular weight is 454 g/mol. The minimum atomic E-state index is -0.339. The summed E-state index contributed by atoms with van der Waals surface area (Å²) >= 11 is 1.57. The Balaban J connectivity index is 1.40. The SMILES string of the molecule is Cc1nc(COc2ccccc2/C=C/C(=O)NCCNC(=O)Cc2ccc(F)cc2)cs1. The number of aryl methyl sites for hydroxylation is 1. The number of para-hydroxylation sites is 1. The van der Waals surface area contributed by atoms with E-state index in [4.69, 9.17) is 4.74 Å². The van der Waals surface area contributed by atoms with Crippen LogP contribution in [0.25, 0.3) is 6.08 Å². The van der Waals surface area contributed by atoms with Gasteiger partial charge in [0.25, 0.3) is 0 Å². The number of carbonyl (C=O) groups excluding carboxylic acids is 2. The number of rotatable bonds is 10. The van der Waals surface area contributed by atoms with Gasteiger partial charge in [-0.05, 0) is 36.8 Å². The summed E-state index contributed by atoms with van der Waals surface area (Å²) in [7, 11) is 0. The number of nitrogens with one attached hydrogen (secondary N) is 2. The van der Waals surface area contributed by atoms with Gasteiger partial charge in [-0.2, -0.15) is 0 Å². The number of ether oxygens (including phenoxy) is 1. The molecule has 0 spiro atoms. The van der Waals surface area contributed by atoms with Crippen LogP contribution in [0.4, 0.5) is 4.39 Å². The van der Waals surface area contributed by atoms with Gasteiger partial charge in [-0.15, -0.1) is 11.3 Å². The van der Waals surface area contributed by atoms with Crippen LogP contribution in [0.3, 0.4) is 0 Å². The molecule has 0 fully saturated rings. The molecule has 0 atom stereocenters. The summed E-state index contributed by atoms with van der Waals surface area (Å²) in [5, 5.41) is 8.39. The van der Waals surface area contributed by atoms with Crippen molar-refractivity contribution in [3.8, 4) is 5.75 Å². The van der Waals surface area contributed by atoms with E-state index in [1.54, 1.807) is 29.5 Å². The molecule has 6 nitrogen and oxygen atoms in total. The summed E-state index contributed by atoms with van der Waals surface area (Å²) in [6, 6.07) is 13.2. The van der Waals surface area contributed by atoms with Crippen molar-refractivity contribution in [2.24, 2.45) is 0 Å². The van der Waals surface area contributed by atoms with Crippen LogP contribution in [0.5, 0.6) is 5.75 Å². The Kier molecular flexibility index (Phi) is 8.51. The van der Waals surface area contributed by atoms with Crippen LogP contribution in [0, 0.1) is 12.7 Å². The normalized spacial score (nSPS) is 10.8. The van der Waals surface area contributed by atoms with Crippen molar-refractivity contribution >= 4 is 29.2 Å².